The van der Waals surface area contributed by atoms with E-state index >= 15 is 0 Å². The summed E-state index contributed by atoms with van der Waals surface area (Å²) in [7, 11) is -6.11. The maximum Gasteiger partial charge on any atom is 0.306 e. The number of anilines is 1. The monoisotopic (exact) mass is 299 g/mol. The van der Waals surface area contributed by atoms with Crippen LogP contribution in [0.4, 0.5) is 9.57 Å². The van der Waals surface area contributed by atoms with E-state index in [1.165, 1.54) is 6.07 Å². The molecule has 0 amide bonds. The number of rotatable bonds is 2. The van der Waals surface area contributed by atoms with Crippen LogP contribution in [0, 0.1) is 18.4 Å². The molecule has 1 aromatic rings. The average Bonchev–Trinajstić information content (AvgIpc) is 2.17. The highest BCUT2D eigenvalue weighted by Gasteiger charge is 2.14. The van der Waals surface area contributed by atoms with Gasteiger partial charge in [0, 0.05) is 11.3 Å². The summed E-state index contributed by atoms with van der Waals surface area (Å²) >= 11 is 0. The summed E-state index contributed by atoms with van der Waals surface area (Å²) in [5.41, 5.74) is 11.0. The van der Waals surface area contributed by atoms with Crippen molar-refractivity contribution in [2.24, 2.45) is 0 Å². The highest BCUT2D eigenvalue weighted by atomic mass is 32.3. The lowest BCUT2D eigenvalue weighted by Crippen LogP contribution is -2.16. The maximum absolute atomic E-state index is 12.8. The molecule has 19 heavy (non-hydrogen) atoms. The third kappa shape index (κ3) is 5.45. The largest absolute Gasteiger partial charge is 0.399 e. The summed E-state index contributed by atoms with van der Waals surface area (Å²) in [4.78, 5) is 0. The van der Waals surface area contributed by atoms with Gasteiger partial charge < -0.3 is 5.73 Å². The van der Waals surface area contributed by atoms with Gasteiger partial charge >= 0.3 is 10.2 Å². The average molecular weight is 299 g/mol. The molecule has 0 heterocycles. The zero-order chi connectivity index (χ0) is 14.8. The molecule has 0 aliphatic heterocycles. The minimum atomic E-state index is -4.57. The Morgan fingerprint density at radius 2 is 1.89 bits per heavy atom. The number of benzene rings is 1. The second-order valence-corrected chi connectivity index (χ2v) is 11.7. The van der Waals surface area contributed by atoms with Crippen LogP contribution in [0.5, 0.6) is 0 Å². The highest BCUT2D eigenvalue weighted by Crippen LogP contribution is 2.21. The quantitative estimate of drug-likeness (QED) is 0.395. The van der Waals surface area contributed by atoms with Crippen molar-refractivity contribution in [3.05, 3.63) is 28.8 Å². The van der Waals surface area contributed by atoms with E-state index in [2.05, 4.69) is 31.1 Å². The Bertz CT molecular complexity index is 652. The van der Waals surface area contributed by atoms with Crippen molar-refractivity contribution in [3.63, 3.8) is 0 Å². The predicted molar refractivity (Wildman–Crippen MR) is 79.5 cm³/mol. The number of hydrogen-bond acceptors (Lipinski definition) is 3. The molecule has 3 nitrogen and oxygen atoms in total. The van der Waals surface area contributed by atoms with Gasteiger partial charge in [0.15, 0.2) is 0 Å². The molecule has 0 unspecified atom stereocenters. The molecule has 0 atom stereocenters. The Morgan fingerprint density at radius 1 is 1.32 bits per heavy atom. The summed E-state index contributed by atoms with van der Waals surface area (Å²) < 4.78 is 34.3. The van der Waals surface area contributed by atoms with Gasteiger partial charge in [-0.15, -0.1) is 9.43 Å². The van der Waals surface area contributed by atoms with E-state index in [4.69, 9.17) is 5.73 Å². The zero-order valence-corrected chi connectivity index (χ0v) is 13.4. The first-order valence-corrected chi connectivity index (χ1v) is 10.9. The molecule has 0 bridgehead atoms. The standard InChI is InChI=1S/C13H18FNO2SSi/c1-10-11(5-6-19(2,3)4)7-13(15)8-12(10)9-18(14,16)17/h7-8H,9,15H2,1-4H3. The molecule has 0 spiro atoms. The second kappa shape index (κ2) is 5.35. The Morgan fingerprint density at radius 3 is 2.37 bits per heavy atom. The van der Waals surface area contributed by atoms with Gasteiger partial charge in [-0.1, -0.05) is 25.6 Å². The fourth-order valence-corrected chi connectivity index (χ4v) is 2.70. The highest BCUT2D eigenvalue weighted by molar-refractivity contribution is 7.85. The van der Waals surface area contributed by atoms with Crippen LogP contribution >= 0.6 is 0 Å². The summed E-state index contributed by atoms with van der Waals surface area (Å²) in [6.07, 6.45) is 0. The van der Waals surface area contributed by atoms with Crippen molar-refractivity contribution < 1.29 is 12.3 Å². The minimum absolute atomic E-state index is 0.363. The Kier molecular flexibility index (Phi) is 4.43. The van der Waals surface area contributed by atoms with E-state index in [-0.39, 0.29) is 0 Å². The van der Waals surface area contributed by atoms with Gasteiger partial charge in [0.1, 0.15) is 13.8 Å². The van der Waals surface area contributed by atoms with Gasteiger partial charge in [0.2, 0.25) is 0 Å². The number of halogens is 1. The topological polar surface area (TPSA) is 60.2 Å². The fraction of sp³-hybridized carbons (Fsp3) is 0.385. The molecule has 0 saturated carbocycles. The molecular formula is C13H18FNO2SSi. The van der Waals surface area contributed by atoms with Crippen molar-refractivity contribution in [3.8, 4) is 11.5 Å². The van der Waals surface area contributed by atoms with E-state index in [9.17, 15) is 12.3 Å². The zero-order valence-electron chi connectivity index (χ0n) is 11.5. The van der Waals surface area contributed by atoms with Crippen LogP contribution in [-0.2, 0) is 16.0 Å². The molecule has 2 N–H and O–H groups in total. The van der Waals surface area contributed by atoms with Crippen molar-refractivity contribution in [2.75, 3.05) is 5.73 Å². The lowest BCUT2D eigenvalue weighted by molar-refractivity contribution is 0.551. The van der Waals surface area contributed by atoms with Gasteiger partial charge in [0.25, 0.3) is 0 Å². The first kappa shape index (κ1) is 15.7. The molecule has 0 aliphatic carbocycles. The van der Waals surface area contributed by atoms with Crippen LogP contribution in [0.25, 0.3) is 0 Å². The molecule has 104 valence electrons. The predicted octanol–water partition coefficient (Wildman–Crippen LogP) is 2.61. The minimum Gasteiger partial charge on any atom is -0.399 e. The fourth-order valence-electron chi connectivity index (χ4n) is 1.52. The lowest BCUT2D eigenvalue weighted by atomic mass is 10.0. The first-order valence-electron chi connectivity index (χ1n) is 5.82. The van der Waals surface area contributed by atoms with Crippen molar-refractivity contribution in [1.29, 1.82) is 0 Å². The van der Waals surface area contributed by atoms with Gasteiger partial charge in [-0.05, 0) is 30.2 Å². The smallest absolute Gasteiger partial charge is 0.306 e. The van der Waals surface area contributed by atoms with E-state index in [0.717, 1.165) is 0 Å². The summed E-state index contributed by atoms with van der Waals surface area (Å²) in [6.45, 7) is 8.05. The molecule has 0 saturated heterocycles. The van der Waals surface area contributed by atoms with Gasteiger partial charge in [-0.2, -0.15) is 8.42 Å². The second-order valence-electron chi connectivity index (χ2n) is 5.54. The van der Waals surface area contributed by atoms with E-state index in [0.29, 0.717) is 22.4 Å². The Balaban J connectivity index is 3.31. The number of nitrogen functional groups attached to an aromatic ring is 1. The van der Waals surface area contributed by atoms with Crippen LogP contribution < -0.4 is 5.73 Å². The molecule has 0 radical (unpaired) electrons. The van der Waals surface area contributed by atoms with Crippen molar-refractivity contribution in [2.45, 2.75) is 32.3 Å². The normalized spacial score (nSPS) is 11.8. The summed E-state index contributed by atoms with van der Waals surface area (Å²) in [5.74, 6) is 2.37. The van der Waals surface area contributed by atoms with Crippen molar-refractivity contribution in [1.82, 2.24) is 0 Å². The summed E-state index contributed by atoms with van der Waals surface area (Å²) in [5, 5.41) is 0. The van der Waals surface area contributed by atoms with Crippen molar-refractivity contribution >= 4 is 24.0 Å². The number of nitrogens with two attached hydrogens (primary N) is 1. The Hall–Kier alpha value is -1.32. The molecular weight excluding hydrogens is 281 g/mol. The van der Waals surface area contributed by atoms with Crippen LogP contribution in [0.15, 0.2) is 12.1 Å². The first-order chi connectivity index (χ1) is 8.48. The van der Waals surface area contributed by atoms with Crippen LogP contribution in [0.1, 0.15) is 16.7 Å². The third-order valence-corrected chi connectivity index (χ3v) is 3.97. The lowest BCUT2D eigenvalue weighted by Gasteiger charge is -2.09. The van der Waals surface area contributed by atoms with E-state index in [1.54, 1.807) is 13.0 Å². The van der Waals surface area contributed by atoms with E-state index in [1.807, 2.05) is 0 Å². The van der Waals surface area contributed by atoms with Gasteiger partial charge in [-0.25, -0.2) is 0 Å². The SMILES string of the molecule is Cc1c(C#C[Si](C)(C)C)cc(N)cc1CS(=O)(=O)F. The molecule has 1 aromatic carbocycles. The number of hydrogen-bond donors (Lipinski definition) is 1. The summed E-state index contributed by atoms with van der Waals surface area (Å²) in [6, 6.07) is 3.17. The van der Waals surface area contributed by atoms with E-state index < -0.39 is 24.0 Å². The van der Waals surface area contributed by atoms with Crippen LogP contribution in [0.3, 0.4) is 0 Å². The van der Waals surface area contributed by atoms with Crippen LogP contribution in [-0.4, -0.2) is 16.5 Å². The van der Waals surface area contributed by atoms with Gasteiger partial charge in [-0.3, -0.25) is 0 Å². The molecule has 1 rings (SSSR count). The molecule has 0 fully saturated rings. The third-order valence-electron chi connectivity index (χ3n) is 2.44. The molecule has 0 aliphatic rings. The molecule has 6 heteroatoms. The van der Waals surface area contributed by atoms with Gasteiger partial charge in [0.05, 0.1) is 0 Å². The molecule has 0 aromatic heterocycles. The Labute approximate surface area is 115 Å². The van der Waals surface area contributed by atoms with Crippen LogP contribution in [0.2, 0.25) is 19.6 Å². The maximum atomic E-state index is 12.8.